The third-order valence-electron chi connectivity index (χ3n) is 6.37. The fraction of sp³-hybridized carbons (Fsp3) is 0.714. The SMILES string of the molecule is COC1(COc2ccc(C)cc2C)CCN(C2CCN(S(C)(=O)=O)CC2)CC1. The Balaban J connectivity index is 1.52. The maximum absolute atomic E-state index is 11.7. The lowest BCUT2D eigenvalue weighted by Gasteiger charge is -2.45. The zero-order valence-corrected chi connectivity index (χ0v) is 18.4. The quantitative estimate of drug-likeness (QED) is 0.721. The van der Waals surface area contributed by atoms with Crippen molar-refractivity contribution in [3.63, 3.8) is 0 Å². The van der Waals surface area contributed by atoms with Gasteiger partial charge in [-0.1, -0.05) is 17.7 Å². The van der Waals surface area contributed by atoms with E-state index in [9.17, 15) is 8.42 Å². The number of sulfonamides is 1. The molecule has 0 amide bonds. The van der Waals surface area contributed by atoms with Crippen molar-refractivity contribution >= 4 is 10.0 Å². The summed E-state index contributed by atoms with van der Waals surface area (Å²) in [4.78, 5) is 2.51. The molecule has 0 N–H and O–H groups in total. The Morgan fingerprint density at radius 2 is 1.75 bits per heavy atom. The molecule has 0 saturated carbocycles. The predicted molar refractivity (Wildman–Crippen MR) is 111 cm³/mol. The van der Waals surface area contributed by atoms with Crippen LogP contribution in [0.1, 0.15) is 36.8 Å². The minimum atomic E-state index is -3.06. The Morgan fingerprint density at radius 1 is 1.11 bits per heavy atom. The van der Waals surface area contributed by atoms with Gasteiger partial charge in [0.2, 0.25) is 10.0 Å². The van der Waals surface area contributed by atoms with Gasteiger partial charge in [0.15, 0.2) is 0 Å². The number of nitrogens with zero attached hydrogens (tertiary/aromatic N) is 2. The number of benzene rings is 1. The van der Waals surface area contributed by atoms with Gasteiger partial charge < -0.3 is 14.4 Å². The van der Waals surface area contributed by atoms with Gasteiger partial charge in [0.25, 0.3) is 0 Å². The van der Waals surface area contributed by atoms with Gasteiger partial charge in [0.1, 0.15) is 18.0 Å². The van der Waals surface area contributed by atoms with Crippen LogP contribution < -0.4 is 4.74 Å². The van der Waals surface area contributed by atoms with E-state index in [0.29, 0.717) is 25.7 Å². The summed E-state index contributed by atoms with van der Waals surface area (Å²) >= 11 is 0. The zero-order valence-electron chi connectivity index (χ0n) is 17.6. The third kappa shape index (κ3) is 5.06. The Bertz CT molecular complexity index is 765. The first kappa shape index (κ1) is 21.6. The van der Waals surface area contributed by atoms with Crippen LogP contribution in [0.2, 0.25) is 0 Å². The molecule has 2 aliphatic heterocycles. The molecule has 2 fully saturated rings. The average molecular weight is 411 g/mol. The lowest BCUT2D eigenvalue weighted by molar-refractivity contribution is -0.0901. The van der Waals surface area contributed by atoms with Gasteiger partial charge in [0, 0.05) is 39.3 Å². The van der Waals surface area contributed by atoms with Crippen molar-refractivity contribution in [3.05, 3.63) is 29.3 Å². The molecular weight excluding hydrogens is 376 g/mol. The van der Waals surface area contributed by atoms with Crippen molar-refractivity contribution in [1.82, 2.24) is 9.21 Å². The van der Waals surface area contributed by atoms with Crippen LogP contribution in [0.3, 0.4) is 0 Å². The van der Waals surface area contributed by atoms with E-state index in [2.05, 4.69) is 30.9 Å². The van der Waals surface area contributed by atoms with Gasteiger partial charge in [-0.3, -0.25) is 0 Å². The normalized spacial score (nSPS) is 22.3. The molecule has 158 valence electrons. The first-order valence-electron chi connectivity index (χ1n) is 10.2. The summed E-state index contributed by atoms with van der Waals surface area (Å²) in [6.45, 7) is 7.92. The van der Waals surface area contributed by atoms with E-state index in [1.54, 1.807) is 11.4 Å². The number of hydrogen-bond acceptors (Lipinski definition) is 5. The van der Waals surface area contributed by atoms with E-state index in [4.69, 9.17) is 9.47 Å². The van der Waals surface area contributed by atoms with Gasteiger partial charge in [-0.2, -0.15) is 0 Å². The van der Waals surface area contributed by atoms with Crippen LogP contribution in [-0.4, -0.2) is 75.4 Å². The van der Waals surface area contributed by atoms with E-state index in [1.165, 1.54) is 11.8 Å². The van der Waals surface area contributed by atoms with Crippen LogP contribution in [0.5, 0.6) is 5.75 Å². The number of methoxy groups -OCH3 is 1. The summed E-state index contributed by atoms with van der Waals surface area (Å²) in [5.41, 5.74) is 2.14. The maximum Gasteiger partial charge on any atom is 0.211 e. The molecule has 28 heavy (non-hydrogen) atoms. The molecule has 3 rings (SSSR count). The van der Waals surface area contributed by atoms with Crippen molar-refractivity contribution in [3.8, 4) is 5.75 Å². The Kier molecular flexibility index (Phi) is 6.69. The standard InChI is InChI=1S/C21H34N2O4S/c1-17-5-6-20(18(2)15-17)27-16-21(26-3)9-13-22(14-10-21)19-7-11-23(12-8-19)28(4,24)25/h5-6,15,19H,7-14,16H2,1-4H3. The largest absolute Gasteiger partial charge is 0.490 e. The van der Waals surface area contributed by atoms with Crippen LogP contribution >= 0.6 is 0 Å². The molecule has 0 radical (unpaired) electrons. The monoisotopic (exact) mass is 410 g/mol. The highest BCUT2D eigenvalue weighted by molar-refractivity contribution is 7.88. The molecule has 2 aliphatic rings. The van der Waals surface area contributed by atoms with Gasteiger partial charge in [0.05, 0.1) is 6.26 Å². The lowest BCUT2D eigenvalue weighted by Crippen LogP contribution is -2.54. The van der Waals surface area contributed by atoms with E-state index >= 15 is 0 Å². The number of hydrogen-bond donors (Lipinski definition) is 0. The lowest BCUT2D eigenvalue weighted by atomic mass is 9.90. The summed E-state index contributed by atoms with van der Waals surface area (Å²) < 4.78 is 37.1. The fourth-order valence-electron chi connectivity index (χ4n) is 4.41. The maximum atomic E-state index is 11.7. The summed E-state index contributed by atoms with van der Waals surface area (Å²) in [5.74, 6) is 0.928. The van der Waals surface area contributed by atoms with Gasteiger partial charge >= 0.3 is 0 Å². The zero-order chi connectivity index (χ0) is 20.4. The number of piperidine rings is 2. The van der Waals surface area contributed by atoms with Gasteiger partial charge in [-0.05, 0) is 51.2 Å². The molecule has 1 aromatic rings. The van der Waals surface area contributed by atoms with Crippen molar-refractivity contribution in [2.75, 3.05) is 46.2 Å². The first-order valence-corrected chi connectivity index (χ1v) is 12.0. The summed E-state index contributed by atoms with van der Waals surface area (Å²) in [5, 5.41) is 0. The summed E-state index contributed by atoms with van der Waals surface area (Å²) in [7, 11) is -1.28. The Morgan fingerprint density at radius 3 is 2.29 bits per heavy atom. The molecule has 0 unspecified atom stereocenters. The minimum absolute atomic E-state index is 0.249. The van der Waals surface area contributed by atoms with Crippen LogP contribution in [0.15, 0.2) is 18.2 Å². The molecular formula is C21H34N2O4S. The minimum Gasteiger partial charge on any atom is -0.490 e. The van der Waals surface area contributed by atoms with E-state index in [0.717, 1.165) is 50.1 Å². The van der Waals surface area contributed by atoms with Crippen LogP contribution in [0.4, 0.5) is 0 Å². The molecule has 6 nitrogen and oxygen atoms in total. The first-order chi connectivity index (χ1) is 13.2. The molecule has 0 spiro atoms. The molecule has 1 aromatic carbocycles. The third-order valence-corrected chi connectivity index (χ3v) is 7.68. The number of likely N-dealkylation sites (tertiary alicyclic amines) is 1. The van der Waals surface area contributed by atoms with Crippen LogP contribution in [0, 0.1) is 13.8 Å². The van der Waals surface area contributed by atoms with Crippen molar-refractivity contribution < 1.29 is 17.9 Å². The molecule has 0 aliphatic carbocycles. The van der Waals surface area contributed by atoms with Gasteiger partial charge in [-0.25, -0.2) is 12.7 Å². The number of rotatable bonds is 6. The van der Waals surface area contributed by atoms with Crippen LogP contribution in [-0.2, 0) is 14.8 Å². The average Bonchev–Trinajstić information content (AvgIpc) is 2.67. The summed E-state index contributed by atoms with van der Waals surface area (Å²) in [6.07, 6.45) is 4.98. The highest BCUT2D eigenvalue weighted by Gasteiger charge is 2.38. The van der Waals surface area contributed by atoms with Crippen molar-refractivity contribution in [2.24, 2.45) is 0 Å². The van der Waals surface area contributed by atoms with Crippen LogP contribution in [0.25, 0.3) is 0 Å². The van der Waals surface area contributed by atoms with Gasteiger partial charge in [-0.15, -0.1) is 0 Å². The molecule has 2 saturated heterocycles. The molecule has 0 aromatic heterocycles. The molecule has 0 atom stereocenters. The van der Waals surface area contributed by atoms with E-state index in [1.807, 2.05) is 6.07 Å². The molecule has 7 heteroatoms. The highest BCUT2D eigenvalue weighted by atomic mass is 32.2. The Labute approximate surface area is 169 Å². The number of ether oxygens (including phenoxy) is 2. The second-order valence-electron chi connectivity index (χ2n) is 8.37. The predicted octanol–water partition coefficient (Wildman–Crippen LogP) is 2.59. The number of aryl methyl sites for hydroxylation is 2. The topological polar surface area (TPSA) is 59.1 Å². The molecule has 0 bridgehead atoms. The van der Waals surface area contributed by atoms with E-state index in [-0.39, 0.29) is 5.60 Å². The highest BCUT2D eigenvalue weighted by Crippen LogP contribution is 2.31. The smallest absolute Gasteiger partial charge is 0.211 e. The van der Waals surface area contributed by atoms with Crippen molar-refractivity contribution in [2.45, 2.75) is 51.2 Å². The second-order valence-corrected chi connectivity index (χ2v) is 10.4. The van der Waals surface area contributed by atoms with Crippen molar-refractivity contribution in [1.29, 1.82) is 0 Å². The second kappa shape index (κ2) is 8.69. The van der Waals surface area contributed by atoms with E-state index < -0.39 is 10.0 Å². The summed E-state index contributed by atoms with van der Waals surface area (Å²) in [6, 6.07) is 6.72. The Hall–Kier alpha value is -1.15. The fourth-order valence-corrected chi connectivity index (χ4v) is 5.29. The molecule has 2 heterocycles.